The van der Waals surface area contributed by atoms with Crippen LogP contribution in [0.2, 0.25) is 0 Å². The van der Waals surface area contributed by atoms with Gasteiger partial charge >= 0.3 is 6.09 Å². The van der Waals surface area contributed by atoms with E-state index in [9.17, 15) is 9.59 Å². The Hall–Kier alpha value is -3.34. The first kappa shape index (κ1) is 20.0. The van der Waals surface area contributed by atoms with Crippen molar-refractivity contribution in [2.45, 2.75) is 38.8 Å². The highest BCUT2D eigenvalue weighted by molar-refractivity contribution is 5.93. The molecule has 1 saturated heterocycles. The lowest BCUT2D eigenvalue weighted by atomic mass is 10.0. The number of benzene rings is 2. The molecular formula is C25H26N2O3. The summed E-state index contributed by atoms with van der Waals surface area (Å²) < 4.78 is 5.56. The molecular weight excluding hydrogens is 376 g/mol. The van der Waals surface area contributed by atoms with Crippen LogP contribution in [-0.2, 0) is 22.6 Å². The maximum absolute atomic E-state index is 12.7. The lowest BCUT2D eigenvalue weighted by molar-refractivity contribution is -0.112. The number of hydrogen-bond donors (Lipinski definition) is 1. The van der Waals surface area contributed by atoms with Crippen molar-refractivity contribution in [3.8, 4) is 0 Å². The van der Waals surface area contributed by atoms with Gasteiger partial charge in [-0.1, -0.05) is 42.5 Å². The first-order valence-corrected chi connectivity index (χ1v) is 10.4. The lowest BCUT2D eigenvalue weighted by Gasteiger charge is -2.24. The number of H-pyrrole nitrogens is 1. The highest BCUT2D eigenvalue weighted by Crippen LogP contribution is 2.27. The van der Waals surface area contributed by atoms with Crippen LogP contribution in [0, 0.1) is 0 Å². The number of carbonyl (C=O) groups excluding carboxylic acids is 2. The van der Waals surface area contributed by atoms with Crippen molar-refractivity contribution in [2.75, 3.05) is 6.54 Å². The summed E-state index contributed by atoms with van der Waals surface area (Å²) in [6.45, 7) is 2.57. The normalized spacial score (nSPS) is 16.4. The number of fused-ring (bicyclic) bond motifs is 1. The van der Waals surface area contributed by atoms with E-state index in [0.29, 0.717) is 6.61 Å². The van der Waals surface area contributed by atoms with Crippen molar-refractivity contribution >= 4 is 28.9 Å². The van der Waals surface area contributed by atoms with Gasteiger partial charge in [-0.05, 0) is 61.1 Å². The van der Waals surface area contributed by atoms with Crippen molar-refractivity contribution in [3.63, 3.8) is 0 Å². The average Bonchev–Trinajstić information content (AvgIpc) is 3.38. The number of aromatic nitrogens is 1. The van der Waals surface area contributed by atoms with E-state index in [4.69, 9.17) is 4.74 Å². The minimum absolute atomic E-state index is 0.0278. The molecule has 0 radical (unpaired) electrons. The van der Waals surface area contributed by atoms with Gasteiger partial charge in [0, 0.05) is 29.7 Å². The summed E-state index contributed by atoms with van der Waals surface area (Å²) in [5, 5.41) is 1.13. The number of aromatic amines is 1. The van der Waals surface area contributed by atoms with Crippen molar-refractivity contribution in [2.24, 2.45) is 0 Å². The van der Waals surface area contributed by atoms with Gasteiger partial charge < -0.3 is 14.6 Å². The van der Waals surface area contributed by atoms with Gasteiger partial charge in [0.25, 0.3) is 0 Å². The first-order chi connectivity index (χ1) is 14.6. The molecule has 2 heterocycles. The number of ether oxygens (including phenoxy) is 1. The molecule has 1 atom stereocenters. The molecule has 154 valence electrons. The van der Waals surface area contributed by atoms with Crippen molar-refractivity contribution < 1.29 is 14.3 Å². The third kappa shape index (κ3) is 4.62. The number of allylic oxidation sites excluding steroid dienone is 1. The maximum atomic E-state index is 12.7. The number of hydrogen-bond acceptors (Lipinski definition) is 3. The van der Waals surface area contributed by atoms with Crippen LogP contribution in [0.4, 0.5) is 4.79 Å². The summed E-state index contributed by atoms with van der Waals surface area (Å²) in [7, 11) is 0. The van der Waals surface area contributed by atoms with E-state index >= 15 is 0 Å². The fraction of sp³-hybridized carbons (Fsp3) is 0.280. The second kappa shape index (κ2) is 8.99. The number of rotatable bonds is 6. The Morgan fingerprint density at radius 2 is 2.03 bits per heavy atom. The van der Waals surface area contributed by atoms with E-state index in [1.165, 1.54) is 5.56 Å². The second-order valence-corrected chi connectivity index (χ2v) is 7.80. The van der Waals surface area contributed by atoms with E-state index in [1.54, 1.807) is 13.0 Å². The molecule has 1 fully saturated rings. The summed E-state index contributed by atoms with van der Waals surface area (Å²) in [6.07, 6.45) is 7.93. The molecule has 3 aromatic rings. The second-order valence-electron chi connectivity index (χ2n) is 7.80. The van der Waals surface area contributed by atoms with E-state index in [-0.39, 0.29) is 17.9 Å². The summed E-state index contributed by atoms with van der Waals surface area (Å²) in [5.41, 5.74) is 4.21. The van der Waals surface area contributed by atoms with Crippen LogP contribution < -0.4 is 0 Å². The standard InChI is InChI=1S/C25H26N2O3/c1-18(28)9-10-19-11-12-24-23(14-19)21(16-26-24)15-22-8-5-13-27(22)25(29)30-17-20-6-3-2-4-7-20/h2-4,6-7,9-12,14,16,22,26H,5,8,13,15,17H2,1H3/t22-/m1/s1. The Kier molecular flexibility index (Phi) is 5.98. The molecule has 1 aliphatic rings. The van der Waals surface area contributed by atoms with Crippen molar-refractivity contribution in [1.82, 2.24) is 9.88 Å². The summed E-state index contributed by atoms with van der Waals surface area (Å²) in [6, 6.07) is 16.0. The largest absolute Gasteiger partial charge is 0.445 e. The third-order valence-electron chi connectivity index (χ3n) is 5.57. The molecule has 0 aliphatic carbocycles. The molecule has 5 heteroatoms. The van der Waals surface area contributed by atoms with Crippen LogP contribution in [0.25, 0.3) is 17.0 Å². The summed E-state index contributed by atoms with van der Waals surface area (Å²) >= 11 is 0. The predicted octanol–water partition coefficient (Wildman–Crippen LogP) is 5.11. The van der Waals surface area contributed by atoms with E-state index in [2.05, 4.69) is 11.1 Å². The molecule has 1 aromatic heterocycles. The van der Waals surface area contributed by atoms with Gasteiger partial charge in [0.1, 0.15) is 6.61 Å². The zero-order valence-corrected chi connectivity index (χ0v) is 17.1. The monoisotopic (exact) mass is 402 g/mol. The maximum Gasteiger partial charge on any atom is 0.410 e. The van der Waals surface area contributed by atoms with Gasteiger partial charge in [-0.25, -0.2) is 4.79 Å². The van der Waals surface area contributed by atoms with Crippen LogP contribution >= 0.6 is 0 Å². The number of nitrogens with zero attached hydrogens (tertiary/aromatic N) is 1. The van der Waals surface area contributed by atoms with E-state index in [1.807, 2.05) is 59.6 Å². The molecule has 5 nitrogen and oxygen atoms in total. The quantitative estimate of drug-likeness (QED) is 0.583. The number of carbonyl (C=O) groups is 2. The highest BCUT2D eigenvalue weighted by Gasteiger charge is 2.30. The molecule has 1 N–H and O–H groups in total. The molecule has 0 spiro atoms. The van der Waals surface area contributed by atoms with Gasteiger partial charge in [0.05, 0.1) is 0 Å². The van der Waals surface area contributed by atoms with Crippen LogP contribution in [0.15, 0.2) is 60.8 Å². The third-order valence-corrected chi connectivity index (χ3v) is 5.57. The molecule has 0 unspecified atom stereocenters. The highest BCUT2D eigenvalue weighted by atomic mass is 16.6. The fourth-order valence-electron chi connectivity index (χ4n) is 4.03. The summed E-state index contributed by atoms with van der Waals surface area (Å²) in [4.78, 5) is 29.1. The molecule has 0 bridgehead atoms. The number of likely N-dealkylation sites (tertiary alicyclic amines) is 1. The number of nitrogens with one attached hydrogen (secondary N) is 1. The average molecular weight is 402 g/mol. The Morgan fingerprint density at radius 1 is 1.20 bits per heavy atom. The minimum Gasteiger partial charge on any atom is -0.445 e. The minimum atomic E-state index is -0.244. The molecule has 1 amide bonds. The Labute approximate surface area is 176 Å². The molecule has 0 saturated carbocycles. The molecule has 4 rings (SSSR count). The number of amides is 1. The van der Waals surface area contributed by atoms with Crippen LogP contribution in [0.1, 0.15) is 36.5 Å². The van der Waals surface area contributed by atoms with E-state index in [0.717, 1.165) is 47.8 Å². The van der Waals surface area contributed by atoms with Crippen LogP contribution in [0.3, 0.4) is 0 Å². The van der Waals surface area contributed by atoms with E-state index < -0.39 is 0 Å². The summed E-state index contributed by atoms with van der Waals surface area (Å²) in [5.74, 6) is 0.0278. The Balaban J connectivity index is 1.46. The first-order valence-electron chi connectivity index (χ1n) is 10.4. The molecule has 1 aliphatic heterocycles. The molecule has 30 heavy (non-hydrogen) atoms. The van der Waals surface area contributed by atoms with Crippen LogP contribution in [0.5, 0.6) is 0 Å². The topological polar surface area (TPSA) is 62.4 Å². The zero-order chi connectivity index (χ0) is 20.9. The smallest absolute Gasteiger partial charge is 0.410 e. The van der Waals surface area contributed by atoms with Crippen LogP contribution in [-0.4, -0.2) is 34.3 Å². The number of ketones is 1. The SMILES string of the molecule is CC(=O)C=Cc1ccc2[nH]cc(C[C@H]3CCCN3C(=O)OCc3ccccc3)c2c1. The fourth-order valence-corrected chi connectivity index (χ4v) is 4.03. The Morgan fingerprint density at radius 3 is 2.83 bits per heavy atom. The van der Waals surface area contributed by atoms with Gasteiger partial charge in [0.15, 0.2) is 5.78 Å². The van der Waals surface area contributed by atoms with Gasteiger partial charge in [-0.2, -0.15) is 0 Å². The van der Waals surface area contributed by atoms with Crippen molar-refractivity contribution in [1.29, 1.82) is 0 Å². The molecule has 2 aromatic carbocycles. The van der Waals surface area contributed by atoms with Crippen molar-refractivity contribution in [3.05, 3.63) is 77.5 Å². The van der Waals surface area contributed by atoms with Gasteiger partial charge in [-0.3, -0.25) is 4.79 Å². The lowest BCUT2D eigenvalue weighted by Crippen LogP contribution is -2.37. The van der Waals surface area contributed by atoms with Gasteiger partial charge in [0.2, 0.25) is 0 Å². The van der Waals surface area contributed by atoms with Gasteiger partial charge in [-0.15, -0.1) is 0 Å². The predicted molar refractivity (Wildman–Crippen MR) is 118 cm³/mol. The zero-order valence-electron chi connectivity index (χ0n) is 17.1. The Bertz CT molecular complexity index is 1070.